The van der Waals surface area contributed by atoms with Crippen molar-refractivity contribution in [1.82, 2.24) is 15.3 Å². The van der Waals surface area contributed by atoms with Gasteiger partial charge in [-0.25, -0.2) is 4.98 Å². The maximum Gasteiger partial charge on any atom is 0.227 e. The third-order valence-electron chi connectivity index (χ3n) is 5.42. The quantitative estimate of drug-likeness (QED) is 0.683. The van der Waals surface area contributed by atoms with E-state index in [2.05, 4.69) is 27.0 Å². The van der Waals surface area contributed by atoms with Crippen LogP contribution in [0.1, 0.15) is 45.1 Å². The van der Waals surface area contributed by atoms with Crippen molar-refractivity contribution in [3.05, 3.63) is 42.1 Å². The van der Waals surface area contributed by atoms with Crippen LogP contribution in [-0.2, 0) is 4.79 Å². The first kappa shape index (κ1) is 21.9. The van der Waals surface area contributed by atoms with Crippen molar-refractivity contribution in [2.24, 2.45) is 0 Å². The molecule has 1 amide bonds. The van der Waals surface area contributed by atoms with Crippen molar-refractivity contribution < 1.29 is 9.53 Å². The van der Waals surface area contributed by atoms with Gasteiger partial charge in [0.15, 0.2) is 0 Å². The molecule has 2 unspecified atom stereocenters. The number of aromatic nitrogens is 2. The van der Waals surface area contributed by atoms with Gasteiger partial charge in [0.2, 0.25) is 11.9 Å². The van der Waals surface area contributed by atoms with Gasteiger partial charge >= 0.3 is 0 Å². The van der Waals surface area contributed by atoms with Gasteiger partial charge in [-0.3, -0.25) is 4.79 Å². The number of hydrogen-bond acceptors (Lipinski definition) is 6. The van der Waals surface area contributed by atoms with Gasteiger partial charge in [0, 0.05) is 39.3 Å². The number of anilines is 2. The van der Waals surface area contributed by atoms with Gasteiger partial charge in [-0.15, -0.1) is 0 Å². The molecule has 7 heteroatoms. The Morgan fingerprint density at radius 2 is 2.07 bits per heavy atom. The number of ether oxygens (including phenoxy) is 1. The van der Waals surface area contributed by atoms with Crippen molar-refractivity contribution in [2.75, 3.05) is 43.0 Å². The number of amides is 1. The molecule has 1 aromatic heterocycles. The first-order chi connectivity index (χ1) is 14.5. The fraction of sp³-hybridized carbons (Fsp3) is 0.522. The van der Waals surface area contributed by atoms with Crippen LogP contribution in [0.5, 0.6) is 5.75 Å². The van der Waals surface area contributed by atoms with Crippen LogP contribution in [0.15, 0.2) is 36.5 Å². The molecule has 3 rings (SSSR count). The fourth-order valence-electron chi connectivity index (χ4n) is 3.67. The zero-order valence-electron chi connectivity index (χ0n) is 18.5. The molecule has 30 heavy (non-hydrogen) atoms. The summed E-state index contributed by atoms with van der Waals surface area (Å²) < 4.78 is 6.19. The Morgan fingerprint density at radius 1 is 1.30 bits per heavy atom. The lowest BCUT2D eigenvalue weighted by molar-refractivity contribution is -0.122. The van der Waals surface area contributed by atoms with Crippen molar-refractivity contribution >= 4 is 17.7 Å². The lowest BCUT2D eigenvalue weighted by Gasteiger charge is -2.21. The molecule has 2 atom stereocenters. The second-order valence-corrected chi connectivity index (χ2v) is 7.80. The maximum atomic E-state index is 12.0. The number of carbonyl (C=O) groups excluding carboxylic acids is 1. The highest BCUT2D eigenvalue weighted by atomic mass is 16.5. The van der Waals surface area contributed by atoms with Crippen molar-refractivity contribution in [2.45, 2.75) is 45.6 Å². The Balaban J connectivity index is 1.57. The summed E-state index contributed by atoms with van der Waals surface area (Å²) in [6.07, 6.45) is 3.95. The molecule has 0 bridgehead atoms. The molecular weight excluding hydrogens is 378 g/mol. The van der Waals surface area contributed by atoms with Gasteiger partial charge in [0.05, 0.1) is 12.5 Å². The summed E-state index contributed by atoms with van der Waals surface area (Å²) in [5.41, 5.74) is 0.992. The van der Waals surface area contributed by atoms with Gasteiger partial charge in [0.1, 0.15) is 17.7 Å². The molecule has 0 aliphatic carbocycles. The third-order valence-corrected chi connectivity index (χ3v) is 5.42. The summed E-state index contributed by atoms with van der Waals surface area (Å²) in [7, 11) is 2.02. The number of carbonyl (C=O) groups is 1. The number of hydrogen-bond donors (Lipinski definition) is 1. The monoisotopic (exact) mass is 411 g/mol. The highest BCUT2D eigenvalue weighted by molar-refractivity contribution is 5.83. The van der Waals surface area contributed by atoms with Crippen LogP contribution in [0, 0.1) is 0 Å². The Hall–Kier alpha value is -2.83. The lowest BCUT2D eigenvalue weighted by Crippen LogP contribution is -2.27. The van der Waals surface area contributed by atoms with Crippen molar-refractivity contribution in [3.63, 3.8) is 0 Å². The van der Waals surface area contributed by atoms with E-state index in [-0.39, 0.29) is 17.9 Å². The number of likely N-dealkylation sites (N-methyl/N-ethyl adjacent to an activating group) is 1. The van der Waals surface area contributed by atoms with Crippen LogP contribution in [0.3, 0.4) is 0 Å². The molecule has 162 valence electrons. The second-order valence-electron chi connectivity index (χ2n) is 7.80. The standard InChI is InChI=1S/C23H33N5O2/c1-5-14-27(4)23-25-13-11-21(26-23)28-15-12-20(16-28)30-19-9-7-18(8-10-19)17(3)22(29)24-6-2/h7-11,13,17,20H,5-6,12,14-16H2,1-4H3,(H,24,29). The average Bonchev–Trinajstić information content (AvgIpc) is 3.23. The van der Waals surface area contributed by atoms with Crippen LogP contribution in [0.25, 0.3) is 0 Å². The van der Waals surface area contributed by atoms with Crippen LogP contribution < -0.4 is 19.9 Å². The first-order valence-electron chi connectivity index (χ1n) is 10.8. The van der Waals surface area contributed by atoms with Gasteiger partial charge in [-0.05, 0) is 44.0 Å². The Morgan fingerprint density at radius 3 is 2.77 bits per heavy atom. The van der Waals surface area contributed by atoms with E-state index in [1.54, 1.807) is 0 Å². The molecule has 1 aromatic carbocycles. The smallest absolute Gasteiger partial charge is 0.227 e. The average molecular weight is 412 g/mol. The van der Waals surface area contributed by atoms with E-state index in [4.69, 9.17) is 9.72 Å². The van der Waals surface area contributed by atoms with E-state index in [1.165, 1.54) is 0 Å². The zero-order chi connectivity index (χ0) is 21.5. The molecule has 7 nitrogen and oxygen atoms in total. The molecule has 0 spiro atoms. The maximum absolute atomic E-state index is 12.0. The molecule has 0 saturated carbocycles. The summed E-state index contributed by atoms with van der Waals surface area (Å²) in [6, 6.07) is 9.82. The summed E-state index contributed by atoms with van der Waals surface area (Å²) in [5.74, 6) is 2.42. The third kappa shape index (κ3) is 5.40. The predicted molar refractivity (Wildman–Crippen MR) is 120 cm³/mol. The summed E-state index contributed by atoms with van der Waals surface area (Å²) in [5, 5.41) is 2.87. The molecule has 2 aromatic rings. The summed E-state index contributed by atoms with van der Waals surface area (Å²) in [6.45, 7) is 9.28. The highest BCUT2D eigenvalue weighted by Gasteiger charge is 2.25. The van der Waals surface area contributed by atoms with Gasteiger partial charge in [0.25, 0.3) is 0 Å². The topological polar surface area (TPSA) is 70.6 Å². The Bertz CT molecular complexity index is 827. The predicted octanol–water partition coefficient (Wildman–Crippen LogP) is 3.22. The van der Waals surface area contributed by atoms with E-state index in [1.807, 2.05) is 57.4 Å². The Labute approximate surface area is 179 Å². The zero-order valence-corrected chi connectivity index (χ0v) is 18.5. The van der Waals surface area contributed by atoms with Gasteiger partial charge in [-0.2, -0.15) is 4.98 Å². The van der Waals surface area contributed by atoms with E-state index in [9.17, 15) is 4.79 Å². The normalized spacial score (nSPS) is 16.9. The molecule has 2 heterocycles. The largest absolute Gasteiger partial charge is 0.489 e. The number of nitrogens with one attached hydrogen (secondary N) is 1. The molecule has 1 saturated heterocycles. The van der Waals surface area contributed by atoms with Crippen molar-refractivity contribution in [1.29, 1.82) is 0 Å². The minimum atomic E-state index is -0.168. The van der Waals surface area contributed by atoms with Gasteiger partial charge < -0.3 is 19.9 Å². The lowest BCUT2D eigenvalue weighted by atomic mass is 10.0. The fourth-order valence-corrected chi connectivity index (χ4v) is 3.67. The van der Waals surface area contributed by atoms with E-state index in [0.29, 0.717) is 6.54 Å². The van der Waals surface area contributed by atoms with Gasteiger partial charge in [-0.1, -0.05) is 19.1 Å². The highest BCUT2D eigenvalue weighted by Crippen LogP contribution is 2.25. The SMILES string of the molecule is CCCN(C)c1nccc(N2CCC(Oc3ccc(C(C)C(=O)NCC)cc3)C2)n1. The van der Waals surface area contributed by atoms with E-state index in [0.717, 1.165) is 55.6 Å². The first-order valence-corrected chi connectivity index (χ1v) is 10.8. The molecule has 1 N–H and O–H groups in total. The molecule has 1 aliphatic rings. The van der Waals surface area contributed by atoms with E-state index < -0.39 is 0 Å². The number of benzene rings is 1. The minimum Gasteiger partial charge on any atom is -0.489 e. The van der Waals surface area contributed by atoms with Crippen LogP contribution in [-0.4, -0.2) is 55.2 Å². The Kier molecular flexibility index (Phi) is 7.49. The molecular formula is C23H33N5O2. The summed E-state index contributed by atoms with van der Waals surface area (Å²) >= 11 is 0. The minimum absolute atomic E-state index is 0.0476. The second kappa shape index (κ2) is 10.3. The molecule has 0 radical (unpaired) electrons. The van der Waals surface area contributed by atoms with E-state index >= 15 is 0 Å². The van der Waals surface area contributed by atoms with Crippen LogP contribution >= 0.6 is 0 Å². The van der Waals surface area contributed by atoms with Crippen molar-refractivity contribution in [3.8, 4) is 5.75 Å². The number of rotatable bonds is 9. The molecule has 1 fully saturated rings. The molecule has 1 aliphatic heterocycles. The van der Waals surface area contributed by atoms with Crippen LogP contribution in [0.2, 0.25) is 0 Å². The summed E-state index contributed by atoms with van der Waals surface area (Å²) in [4.78, 5) is 25.5. The number of nitrogens with zero attached hydrogens (tertiary/aromatic N) is 4. The van der Waals surface area contributed by atoms with Crippen LogP contribution in [0.4, 0.5) is 11.8 Å².